The van der Waals surface area contributed by atoms with E-state index in [1.807, 2.05) is 43.3 Å². The maximum Gasteiger partial charge on any atom is 0.256 e. The number of fused-ring (bicyclic) bond motifs is 1. The lowest BCUT2D eigenvalue weighted by Crippen LogP contribution is -2.13. The first-order chi connectivity index (χ1) is 12.7. The van der Waals surface area contributed by atoms with E-state index in [1.165, 1.54) is 0 Å². The van der Waals surface area contributed by atoms with Gasteiger partial charge in [-0.05, 0) is 49.4 Å². The number of hydrogen-bond donors (Lipinski definition) is 1. The number of amides is 1. The van der Waals surface area contributed by atoms with Gasteiger partial charge in [0.05, 0.1) is 16.8 Å². The number of aromatic nitrogens is 3. The summed E-state index contributed by atoms with van der Waals surface area (Å²) in [4.78, 5) is 25.8. The van der Waals surface area contributed by atoms with Crippen LogP contribution in [0, 0.1) is 6.92 Å². The Balaban J connectivity index is 1.85. The van der Waals surface area contributed by atoms with Crippen molar-refractivity contribution in [3.05, 3.63) is 84.4 Å². The molecule has 0 atom stereocenters. The molecule has 0 saturated carbocycles. The maximum absolute atomic E-state index is 12.9. The molecule has 0 radical (unpaired) electrons. The highest BCUT2D eigenvalue weighted by molar-refractivity contribution is 6.13. The minimum absolute atomic E-state index is 0.181. The van der Waals surface area contributed by atoms with Gasteiger partial charge in [-0.25, -0.2) is 4.98 Å². The minimum atomic E-state index is -0.181. The molecule has 4 rings (SSSR count). The van der Waals surface area contributed by atoms with Crippen LogP contribution in [0.1, 0.15) is 15.9 Å². The fourth-order valence-electron chi connectivity index (χ4n) is 2.82. The van der Waals surface area contributed by atoms with E-state index in [0.717, 1.165) is 22.0 Å². The van der Waals surface area contributed by atoms with Crippen LogP contribution >= 0.6 is 0 Å². The lowest BCUT2D eigenvalue weighted by molar-refractivity contribution is 0.102. The molecule has 0 bridgehead atoms. The zero-order chi connectivity index (χ0) is 17.9. The van der Waals surface area contributed by atoms with E-state index < -0.39 is 0 Å². The molecule has 0 aliphatic carbocycles. The second-order valence-corrected chi connectivity index (χ2v) is 6.01. The van der Waals surface area contributed by atoms with E-state index >= 15 is 0 Å². The molecule has 1 amide bonds. The topological polar surface area (TPSA) is 67.8 Å². The molecule has 0 unspecified atom stereocenters. The van der Waals surface area contributed by atoms with Gasteiger partial charge in [0.2, 0.25) is 0 Å². The second kappa shape index (κ2) is 6.72. The molecule has 126 valence electrons. The predicted molar refractivity (Wildman–Crippen MR) is 102 cm³/mol. The maximum atomic E-state index is 12.9. The summed E-state index contributed by atoms with van der Waals surface area (Å²) in [5, 5.41) is 3.75. The second-order valence-electron chi connectivity index (χ2n) is 6.01. The van der Waals surface area contributed by atoms with Crippen LogP contribution in [0.2, 0.25) is 0 Å². The Morgan fingerprint density at radius 1 is 0.962 bits per heavy atom. The number of nitrogens with zero attached hydrogens (tertiary/aromatic N) is 3. The molecule has 0 spiro atoms. The molecule has 5 heteroatoms. The molecule has 26 heavy (non-hydrogen) atoms. The van der Waals surface area contributed by atoms with Gasteiger partial charge in [-0.15, -0.1) is 0 Å². The Hall–Kier alpha value is -3.60. The van der Waals surface area contributed by atoms with Crippen LogP contribution in [0.5, 0.6) is 0 Å². The Labute approximate surface area is 150 Å². The van der Waals surface area contributed by atoms with Gasteiger partial charge in [0.1, 0.15) is 0 Å². The lowest BCUT2D eigenvalue weighted by atomic mass is 10.0. The Morgan fingerprint density at radius 3 is 2.58 bits per heavy atom. The summed E-state index contributed by atoms with van der Waals surface area (Å²) in [7, 11) is 0. The van der Waals surface area contributed by atoms with Crippen molar-refractivity contribution in [2.75, 3.05) is 5.32 Å². The number of rotatable bonds is 3. The molecule has 1 N–H and O–H groups in total. The largest absolute Gasteiger partial charge is 0.322 e. The van der Waals surface area contributed by atoms with Gasteiger partial charge in [-0.2, -0.15) is 0 Å². The normalized spacial score (nSPS) is 10.7. The van der Waals surface area contributed by atoms with Gasteiger partial charge in [0.15, 0.2) is 0 Å². The summed E-state index contributed by atoms with van der Waals surface area (Å²) in [6, 6.07) is 15.0. The number of carbonyl (C=O) groups excluding carboxylic acids is 1. The number of aryl methyl sites for hydroxylation is 1. The van der Waals surface area contributed by atoms with E-state index in [4.69, 9.17) is 4.98 Å². The monoisotopic (exact) mass is 340 g/mol. The van der Waals surface area contributed by atoms with Crippen LogP contribution in [-0.4, -0.2) is 20.9 Å². The molecular weight excluding hydrogens is 324 g/mol. The van der Waals surface area contributed by atoms with Crippen LogP contribution < -0.4 is 5.32 Å². The fourth-order valence-corrected chi connectivity index (χ4v) is 2.82. The molecule has 0 fully saturated rings. The first kappa shape index (κ1) is 15.9. The van der Waals surface area contributed by atoms with Crippen LogP contribution in [-0.2, 0) is 0 Å². The first-order valence-corrected chi connectivity index (χ1v) is 8.24. The average molecular weight is 340 g/mol. The van der Waals surface area contributed by atoms with Crippen LogP contribution in [0.25, 0.3) is 22.2 Å². The molecular formula is C21H16N4O. The molecule has 3 heterocycles. The van der Waals surface area contributed by atoms with Crippen LogP contribution in [0.4, 0.5) is 5.69 Å². The predicted octanol–water partition coefficient (Wildman–Crippen LogP) is 4.25. The lowest BCUT2D eigenvalue weighted by Gasteiger charge is -2.11. The summed E-state index contributed by atoms with van der Waals surface area (Å²) in [5.41, 5.74) is 4.71. The smallest absolute Gasteiger partial charge is 0.256 e. The molecule has 4 aromatic rings. The van der Waals surface area contributed by atoms with Crippen molar-refractivity contribution in [3.8, 4) is 11.3 Å². The number of benzene rings is 1. The van der Waals surface area contributed by atoms with Crippen LogP contribution in [0.3, 0.4) is 0 Å². The highest BCUT2D eigenvalue weighted by Gasteiger charge is 2.14. The SMILES string of the molecule is Cc1ccc2nc(-c3cccnc3)cc(C(=O)Nc3ccncc3)c2c1. The van der Waals surface area contributed by atoms with Gasteiger partial charge in [-0.1, -0.05) is 11.6 Å². The van der Waals surface area contributed by atoms with Crippen molar-refractivity contribution >= 4 is 22.5 Å². The van der Waals surface area contributed by atoms with E-state index in [-0.39, 0.29) is 5.91 Å². The molecule has 0 aliphatic rings. The summed E-state index contributed by atoms with van der Waals surface area (Å²) >= 11 is 0. The molecule has 5 nitrogen and oxygen atoms in total. The van der Waals surface area contributed by atoms with E-state index in [0.29, 0.717) is 16.9 Å². The first-order valence-electron chi connectivity index (χ1n) is 8.24. The fraction of sp³-hybridized carbons (Fsp3) is 0.0476. The number of nitrogens with one attached hydrogen (secondary N) is 1. The third kappa shape index (κ3) is 3.15. The van der Waals surface area contributed by atoms with Gasteiger partial charge in [0, 0.05) is 41.4 Å². The summed E-state index contributed by atoms with van der Waals surface area (Å²) in [6.07, 6.45) is 6.74. The zero-order valence-electron chi connectivity index (χ0n) is 14.2. The number of carbonyl (C=O) groups is 1. The van der Waals surface area contributed by atoms with Gasteiger partial charge < -0.3 is 5.32 Å². The van der Waals surface area contributed by atoms with Crippen molar-refractivity contribution in [3.63, 3.8) is 0 Å². The van der Waals surface area contributed by atoms with Gasteiger partial charge in [-0.3, -0.25) is 14.8 Å². The van der Waals surface area contributed by atoms with E-state index in [9.17, 15) is 4.79 Å². The third-order valence-corrected chi connectivity index (χ3v) is 4.10. The highest BCUT2D eigenvalue weighted by Crippen LogP contribution is 2.26. The Kier molecular flexibility index (Phi) is 4.11. The Bertz CT molecular complexity index is 1080. The average Bonchev–Trinajstić information content (AvgIpc) is 2.68. The molecule has 1 aromatic carbocycles. The van der Waals surface area contributed by atoms with Gasteiger partial charge >= 0.3 is 0 Å². The third-order valence-electron chi connectivity index (χ3n) is 4.10. The molecule has 0 saturated heterocycles. The molecule has 3 aromatic heterocycles. The van der Waals surface area contributed by atoms with Crippen molar-refractivity contribution in [1.29, 1.82) is 0 Å². The standard InChI is InChI=1S/C21H16N4O/c1-14-4-5-19-17(11-14)18(21(26)24-16-6-9-22-10-7-16)12-20(25-19)15-3-2-8-23-13-15/h2-13H,1H3,(H,22,24,26). The Morgan fingerprint density at radius 2 is 1.81 bits per heavy atom. The highest BCUT2D eigenvalue weighted by atomic mass is 16.1. The van der Waals surface area contributed by atoms with Crippen molar-refractivity contribution in [2.45, 2.75) is 6.92 Å². The van der Waals surface area contributed by atoms with Gasteiger partial charge in [0.25, 0.3) is 5.91 Å². The van der Waals surface area contributed by atoms with E-state index in [1.54, 1.807) is 36.9 Å². The summed E-state index contributed by atoms with van der Waals surface area (Å²) in [5.74, 6) is -0.181. The van der Waals surface area contributed by atoms with Crippen LogP contribution in [0.15, 0.2) is 73.3 Å². The minimum Gasteiger partial charge on any atom is -0.322 e. The van der Waals surface area contributed by atoms with Crippen molar-refractivity contribution < 1.29 is 4.79 Å². The number of pyridine rings is 3. The quantitative estimate of drug-likeness (QED) is 0.605. The van der Waals surface area contributed by atoms with E-state index in [2.05, 4.69) is 15.3 Å². The number of hydrogen-bond acceptors (Lipinski definition) is 4. The van der Waals surface area contributed by atoms with Crippen molar-refractivity contribution in [2.24, 2.45) is 0 Å². The summed E-state index contributed by atoms with van der Waals surface area (Å²) < 4.78 is 0. The zero-order valence-corrected chi connectivity index (χ0v) is 14.2. The summed E-state index contributed by atoms with van der Waals surface area (Å²) in [6.45, 7) is 2.00. The molecule has 0 aliphatic heterocycles. The number of anilines is 1. The van der Waals surface area contributed by atoms with Crippen molar-refractivity contribution in [1.82, 2.24) is 15.0 Å².